The van der Waals surface area contributed by atoms with E-state index in [1.165, 1.54) is 0 Å². The number of hydrogen-bond acceptors (Lipinski definition) is 7. The number of aromatic nitrogens is 3. The van der Waals surface area contributed by atoms with Gasteiger partial charge in [0.15, 0.2) is 0 Å². The second-order valence-corrected chi connectivity index (χ2v) is 9.91. The van der Waals surface area contributed by atoms with Crippen LogP contribution < -0.4 is 16.0 Å². The van der Waals surface area contributed by atoms with Crippen molar-refractivity contribution >= 4 is 29.9 Å². The molecule has 0 unspecified atom stereocenters. The minimum absolute atomic E-state index is 0. The van der Waals surface area contributed by atoms with Gasteiger partial charge in [0, 0.05) is 23.7 Å². The Bertz CT molecular complexity index is 1210. The molecule has 1 aliphatic heterocycles. The van der Waals surface area contributed by atoms with Crippen molar-refractivity contribution in [1.29, 1.82) is 0 Å². The molecule has 0 aliphatic carbocycles. The lowest BCUT2D eigenvalue weighted by Crippen LogP contribution is -2.43. The molecule has 0 saturated carbocycles. The maximum Gasteiger partial charge on any atom is 0.292 e. The summed E-state index contributed by atoms with van der Waals surface area (Å²) in [4.78, 5) is 33.6. The maximum absolute atomic E-state index is 12.7. The number of nitrogens with one attached hydrogen (secondary N) is 3. The molecule has 1 aromatic carbocycles. The summed E-state index contributed by atoms with van der Waals surface area (Å²) in [5.41, 5.74) is 4.18. The number of hydrogen-bond donors (Lipinski definition) is 3. The lowest BCUT2D eigenvalue weighted by atomic mass is 9.97. The van der Waals surface area contributed by atoms with Crippen LogP contribution in [0.4, 0.5) is 5.69 Å². The van der Waals surface area contributed by atoms with Crippen LogP contribution in [0.5, 0.6) is 0 Å². The molecule has 3 aromatic rings. The van der Waals surface area contributed by atoms with Gasteiger partial charge in [-0.15, -0.1) is 12.4 Å². The van der Waals surface area contributed by atoms with Crippen LogP contribution in [0.15, 0.2) is 41.2 Å². The van der Waals surface area contributed by atoms with Crippen molar-refractivity contribution < 1.29 is 14.1 Å². The number of amides is 2. The summed E-state index contributed by atoms with van der Waals surface area (Å²) in [6, 6.07) is 7.70. The zero-order chi connectivity index (χ0) is 25.0. The van der Waals surface area contributed by atoms with Crippen LogP contribution in [-0.4, -0.2) is 39.5 Å². The Hall–Kier alpha value is -3.30. The molecule has 9 nitrogen and oxygen atoms in total. The Kier molecular flexibility index (Phi) is 8.81. The van der Waals surface area contributed by atoms with E-state index in [0.717, 1.165) is 48.1 Å². The highest BCUT2D eigenvalue weighted by Gasteiger charge is 2.24. The molecule has 0 bridgehead atoms. The molecule has 3 heterocycles. The van der Waals surface area contributed by atoms with Gasteiger partial charge in [-0.1, -0.05) is 50.5 Å². The predicted octanol–water partition coefficient (Wildman–Crippen LogP) is 4.17. The summed E-state index contributed by atoms with van der Waals surface area (Å²) in [6.07, 6.45) is 6.37. The van der Waals surface area contributed by atoms with Crippen LogP contribution in [0.25, 0.3) is 11.1 Å². The molecule has 2 aromatic heterocycles. The van der Waals surface area contributed by atoms with Crippen LogP contribution in [0, 0.1) is 6.92 Å². The minimum atomic E-state index is -0.386. The standard InChI is InChI=1S/C26H32N6O3.ClH/c1-16-13-17(19-10-12-27-15-21(19)30-23(33)20-7-5-6-11-28-20)8-9-18(16)14-29-24(34)22-31-25(35-32-22)26(2,3)4;/h8-10,12-13,15,20,28H,5-7,11,14H2,1-4H3,(H,29,34)(H,30,33);1H/t20-;/m1./s1. The molecule has 192 valence electrons. The van der Waals surface area contributed by atoms with E-state index in [2.05, 4.69) is 31.1 Å². The van der Waals surface area contributed by atoms with E-state index in [4.69, 9.17) is 4.52 Å². The van der Waals surface area contributed by atoms with E-state index in [9.17, 15) is 9.59 Å². The highest BCUT2D eigenvalue weighted by atomic mass is 35.5. The number of pyridine rings is 1. The SMILES string of the molecule is Cc1cc(-c2ccncc2NC(=O)[C@H]2CCCCN2)ccc1CNC(=O)c1noc(C(C)(C)C)n1.Cl. The first-order valence-corrected chi connectivity index (χ1v) is 11.9. The van der Waals surface area contributed by atoms with Crippen molar-refractivity contribution in [1.82, 2.24) is 25.8 Å². The molecular formula is C26H33ClN6O3. The summed E-state index contributed by atoms with van der Waals surface area (Å²) in [5.74, 6) is 0.0192. The lowest BCUT2D eigenvalue weighted by Gasteiger charge is -2.23. The average Bonchev–Trinajstić information content (AvgIpc) is 3.35. The Morgan fingerprint density at radius 1 is 1.19 bits per heavy atom. The van der Waals surface area contributed by atoms with Gasteiger partial charge in [0.2, 0.25) is 11.8 Å². The van der Waals surface area contributed by atoms with Gasteiger partial charge in [0.1, 0.15) is 0 Å². The van der Waals surface area contributed by atoms with E-state index in [1.54, 1.807) is 12.4 Å². The number of anilines is 1. The monoisotopic (exact) mass is 512 g/mol. The zero-order valence-electron chi connectivity index (χ0n) is 21.1. The number of benzene rings is 1. The zero-order valence-corrected chi connectivity index (χ0v) is 21.9. The third-order valence-corrected chi connectivity index (χ3v) is 6.07. The van der Waals surface area contributed by atoms with Crippen molar-refractivity contribution in [2.45, 2.75) is 65.0 Å². The van der Waals surface area contributed by atoms with E-state index in [-0.39, 0.29) is 41.5 Å². The van der Waals surface area contributed by atoms with Crippen LogP contribution >= 0.6 is 12.4 Å². The highest BCUT2D eigenvalue weighted by molar-refractivity contribution is 5.98. The number of piperidine rings is 1. The number of halogens is 1. The van der Waals surface area contributed by atoms with E-state index in [1.807, 2.05) is 52.0 Å². The van der Waals surface area contributed by atoms with Gasteiger partial charge in [-0.25, -0.2) is 0 Å². The van der Waals surface area contributed by atoms with Gasteiger partial charge in [-0.2, -0.15) is 4.98 Å². The van der Waals surface area contributed by atoms with Crippen molar-refractivity contribution in [3.05, 3.63) is 59.5 Å². The molecule has 0 spiro atoms. The molecular weight excluding hydrogens is 480 g/mol. The molecule has 1 atom stereocenters. The predicted molar refractivity (Wildman–Crippen MR) is 140 cm³/mol. The van der Waals surface area contributed by atoms with E-state index < -0.39 is 0 Å². The summed E-state index contributed by atoms with van der Waals surface area (Å²) >= 11 is 0. The number of rotatable bonds is 6. The van der Waals surface area contributed by atoms with Gasteiger partial charge in [-0.3, -0.25) is 14.6 Å². The van der Waals surface area contributed by atoms with Crippen molar-refractivity contribution in [2.24, 2.45) is 0 Å². The molecule has 2 amide bonds. The molecule has 1 saturated heterocycles. The van der Waals surface area contributed by atoms with Crippen LogP contribution in [0.2, 0.25) is 0 Å². The Balaban J connectivity index is 0.00000361. The molecule has 0 radical (unpaired) electrons. The fraction of sp³-hybridized carbons (Fsp3) is 0.423. The van der Waals surface area contributed by atoms with Crippen LogP contribution in [0.3, 0.4) is 0 Å². The molecule has 1 fully saturated rings. The van der Waals surface area contributed by atoms with Gasteiger partial charge in [0.05, 0.1) is 17.9 Å². The third kappa shape index (κ3) is 6.47. The van der Waals surface area contributed by atoms with Crippen LogP contribution in [-0.2, 0) is 16.8 Å². The second-order valence-electron chi connectivity index (χ2n) is 9.91. The topological polar surface area (TPSA) is 122 Å². The summed E-state index contributed by atoms with van der Waals surface area (Å²) in [6.45, 7) is 9.01. The maximum atomic E-state index is 12.7. The van der Waals surface area contributed by atoms with E-state index in [0.29, 0.717) is 18.1 Å². The number of carbonyl (C=O) groups excluding carboxylic acids is 2. The fourth-order valence-electron chi connectivity index (χ4n) is 3.98. The molecule has 36 heavy (non-hydrogen) atoms. The highest BCUT2D eigenvalue weighted by Crippen LogP contribution is 2.29. The fourth-order valence-corrected chi connectivity index (χ4v) is 3.98. The van der Waals surface area contributed by atoms with Crippen LogP contribution in [0.1, 0.15) is 67.7 Å². The summed E-state index contributed by atoms with van der Waals surface area (Å²) in [7, 11) is 0. The van der Waals surface area contributed by atoms with Gasteiger partial charge in [0.25, 0.3) is 11.7 Å². The molecule has 10 heteroatoms. The Morgan fingerprint density at radius 2 is 2.00 bits per heavy atom. The molecule has 4 rings (SSSR count). The first-order chi connectivity index (χ1) is 16.7. The quantitative estimate of drug-likeness (QED) is 0.453. The van der Waals surface area contributed by atoms with E-state index >= 15 is 0 Å². The second kappa shape index (κ2) is 11.6. The molecule has 1 aliphatic rings. The first-order valence-electron chi connectivity index (χ1n) is 11.9. The number of nitrogens with zero attached hydrogens (tertiary/aromatic N) is 3. The smallest absolute Gasteiger partial charge is 0.292 e. The summed E-state index contributed by atoms with van der Waals surface area (Å²) in [5, 5.41) is 13.0. The van der Waals surface area contributed by atoms with Crippen molar-refractivity contribution in [3.63, 3.8) is 0 Å². The number of carbonyl (C=O) groups is 2. The Morgan fingerprint density at radius 3 is 2.67 bits per heavy atom. The number of aryl methyl sites for hydroxylation is 1. The van der Waals surface area contributed by atoms with Gasteiger partial charge in [-0.05, 0) is 49.1 Å². The largest absolute Gasteiger partial charge is 0.345 e. The molecule has 3 N–H and O–H groups in total. The van der Waals surface area contributed by atoms with Gasteiger partial charge < -0.3 is 20.5 Å². The van der Waals surface area contributed by atoms with Gasteiger partial charge >= 0.3 is 0 Å². The normalized spacial score (nSPS) is 15.6. The third-order valence-electron chi connectivity index (χ3n) is 6.07. The van der Waals surface area contributed by atoms with Crippen molar-refractivity contribution in [2.75, 3.05) is 11.9 Å². The summed E-state index contributed by atoms with van der Waals surface area (Å²) < 4.78 is 5.21. The lowest BCUT2D eigenvalue weighted by molar-refractivity contribution is -0.118. The first kappa shape index (κ1) is 27.3. The Labute approximate surface area is 217 Å². The minimum Gasteiger partial charge on any atom is -0.345 e. The van der Waals surface area contributed by atoms with Crippen molar-refractivity contribution in [3.8, 4) is 11.1 Å². The average molecular weight is 513 g/mol.